The Balaban J connectivity index is 2.24. The monoisotopic (exact) mass is 424 g/mol. The number of para-hydroxylation sites is 1. The van der Waals surface area contributed by atoms with Crippen LogP contribution in [0.5, 0.6) is 5.75 Å². The van der Waals surface area contributed by atoms with E-state index in [1.807, 2.05) is 82.3 Å². The molecule has 0 spiro atoms. The maximum absolute atomic E-state index is 13.3. The van der Waals surface area contributed by atoms with E-state index in [0.29, 0.717) is 18.7 Å². The number of hydrogen-bond donors (Lipinski definition) is 1. The number of benzene rings is 2. The van der Waals surface area contributed by atoms with E-state index in [9.17, 15) is 9.59 Å². The molecule has 0 heterocycles. The summed E-state index contributed by atoms with van der Waals surface area (Å²) in [6.07, 6.45) is 0.517. The van der Waals surface area contributed by atoms with E-state index in [1.54, 1.807) is 4.90 Å². The van der Waals surface area contributed by atoms with Crippen molar-refractivity contribution in [2.24, 2.45) is 0 Å². The molecule has 0 bridgehead atoms. The lowest BCUT2D eigenvalue weighted by Gasteiger charge is -2.33. The molecule has 0 unspecified atom stereocenters. The molecule has 0 fully saturated rings. The number of ether oxygens (including phenoxy) is 1. The third-order valence-electron chi connectivity index (χ3n) is 4.97. The molecule has 2 aromatic carbocycles. The molecular weight excluding hydrogens is 388 g/mol. The van der Waals surface area contributed by atoms with Gasteiger partial charge in [0.05, 0.1) is 0 Å². The Hall–Kier alpha value is -2.82. The maximum atomic E-state index is 13.3. The summed E-state index contributed by atoms with van der Waals surface area (Å²) in [6.45, 7) is 12.2. The molecule has 2 aromatic rings. The number of hydrogen-bond acceptors (Lipinski definition) is 3. The van der Waals surface area contributed by atoms with Crippen LogP contribution in [0.3, 0.4) is 0 Å². The van der Waals surface area contributed by atoms with Gasteiger partial charge in [-0.15, -0.1) is 0 Å². The van der Waals surface area contributed by atoms with Crippen molar-refractivity contribution in [1.82, 2.24) is 10.2 Å². The van der Waals surface area contributed by atoms with Gasteiger partial charge in [-0.2, -0.15) is 0 Å². The molecule has 0 aliphatic rings. The van der Waals surface area contributed by atoms with Crippen LogP contribution >= 0.6 is 0 Å². The van der Waals surface area contributed by atoms with Gasteiger partial charge in [0.2, 0.25) is 5.91 Å². The first-order chi connectivity index (χ1) is 14.6. The SMILES string of the molecule is CC[C@H](C(=O)NC(C)(C)C)N(Cc1ccccc1)C(=O)COc1ccccc1C(C)C. The highest BCUT2D eigenvalue weighted by molar-refractivity contribution is 5.88. The van der Waals surface area contributed by atoms with Gasteiger partial charge in [-0.25, -0.2) is 0 Å². The van der Waals surface area contributed by atoms with Gasteiger partial charge >= 0.3 is 0 Å². The predicted octanol–water partition coefficient (Wildman–Crippen LogP) is 4.91. The Morgan fingerprint density at radius 2 is 1.61 bits per heavy atom. The largest absolute Gasteiger partial charge is 0.483 e. The summed E-state index contributed by atoms with van der Waals surface area (Å²) in [7, 11) is 0. The third-order valence-corrected chi connectivity index (χ3v) is 4.97. The summed E-state index contributed by atoms with van der Waals surface area (Å²) in [5.74, 6) is 0.630. The van der Waals surface area contributed by atoms with Gasteiger partial charge in [0.25, 0.3) is 5.91 Å². The average molecular weight is 425 g/mol. The maximum Gasteiger partial charge on any atom is 0.261 e. The van der Waals surface area contributed by atoms with Crippen LogP contribution in [0, 0.1) is 0 Å². The van der Waals surface area contributed by atoms with Gasteiger partial charge in [0, 0.05) is 12.1 Å². The first-order valence-electron chi connectivity index (χ1n) is 11.0. The average Bonchev–Trinajstić information content (AvgIpc) is 2.71. The molecule has 5 nitrogen and oxygen atoms in total. The number of carbonyl (C=O) groups excluding carboxylic acids is 2. The fourth-order valence-electron chi connectivity index (χ4n) is 3.46. The van der Waals surface area contributed by atoms with Crippen molar-refractivity contribution in [3.05, 3.63) is 65.7 Å². The fraction of sp³-hybridized carbons (Fsp3) is 0.462. The molecule has 0 radical (unpaired) electrons. The summed E-state index contributed by atoms with van der Waals surface area (Å²) < 4.78 is 5.93. The minimum atomic E-state index is -0.573. The molecule has 0 saturated carbocycles. The Morgan fingerprint density at radius 1 is 1.00 bits per heavy atom. The topological polar surface area (TPSA) is 58.6 Å². The first kappa shape index (κ1) is 24.4. The highest BCUT2D eigenvalue weighted by Crippen LogP contribution is 2.26. The van der Waals surface area contributed by atoms with Crippen molar-refractivity contribution in [3.63, 3.8) is 0 Å². The molecule has 1 N–H and O–H groups in total. The Labute approximate surface area is 186 Å². The zero-order valence-corrected chi connectivity index (χ0v) is 19.6. The smallest absolute Gasteiger partial charge is 0.261 e. The lowest BCUT2D eigenvalue weighted by atomic mass is 10.0. The van der Waals surface area contributed by atoms with Crippen molar-refractivity contribution < 1.29 is 14.3 Å². The molecule has 168 valence electrons. The number of nitrogens with zero attached hydrogens (tertiary/aromatic N) is 1. The van der Waals surface area contributed by atoms with Gasteiger partial charge in [-0.3, -0.25) is 9.59 Å². The van der Waals surface area contributed by atoms with Crippen LogP contribution < -0.4 is 10.1 Å². The van der Waals surface area contributed by atoms with E-state index in [0.717, 1.165) is 11.1 Å². The number of amides is 2. The van der Waals surface area contributed by atoms with Gasteiger partial charge < -0.3 is 15.0 Å². The summed E-state index contributed by atoms with van der Waals surface area (Å²) in [6, 6.07) is 16.9. The second-order valence-electron chi connectivity index (χ2n) is 9.15. The van der Waals surface area contributed by atoms with Crippen LogP contribution in [0.1, 0.15) is 65.0 Å². The zero-order chi connectivity index (χ0) is 23.0. The molecule has 5 heteroatoms. The third kappa shape index (κ3) is 7.42. The van der Waals surface area contributed by atoms with Crippen LogP contribution in [-0.4, -0.2) is 34.9 Å². The zero-order valence-electron chi connectivity index (χ0n) is 19.6. The Morgan fingerprint density at radius 3 is 2.19 bits per heavy atom. The van der Waals surface area contributed by atoms with E-state index in [4.69, 9.17) is 4.74 Å². The van der Waals surface area contributed by atoms with Crippen molar-refractivity contribution in [2.75, 3.05) is 6.61 Å². The van der Waals surface area contributed by atoms with Crippen molar-refractivity contribution in [2.45, 2.75) is 72.0 Å². The van der Waals surface area contributed by atoms with Crippen LogP contribution in [0.2, 0.25) is 0 Å². The number of nitrogens with one attached hydrogen (secondary N) is 1. The van der Waals surface area contributed by atoms with E-state index in [1.165, 1.54) is 0 Å². The van der Waals surface area contributed by atoms with E-state index in [-0.39, 0.29) is 29.9 Å². The van der Waals surface area contributed by atoms with E-state index < -0.39 is 6.04 Å². The summed E-state index contributed by atoms with van der Waals surface area (Å²) in [4.78, 5) is 27.9. The quantitative estimate of drug-likeness (QED) is 0.622. The lowest BCUT2D eigenvalue weighted by molar-refractivity contribution is -0.143. The van der Waals surface area contributed by atoms with Crippen LogP contribution in [0.4, 0.5) is 0 Å². The molecule has 0 saturated heterocycles. The number of rotatable bonds is 9. The molecule has 1 atom stereocenters. The highest BCUT2D eigenvalue weighted by Gasteiger charge is 2.31. The highest BCUT2D eigenvalue weighted by atomic mass is 16.5. The van der Waals surface area contributed by atoms with Crippen LogP contribution in [-0.2, 0) is 16.1 Å². The van der Waals surface area contributed by atoms with Gasteiger partial charge in [-0.05, 0) is 50.3 Å². The van der Waals surface area contributed by atoms with E-state index >= 15 is 0 Å². The fourth-order valence-corrected chi connectivity index (χ4v) is 3.46. The predicted molar refractivity (Wildman–Crippen MR) is 125 cm³/mol. The molecule has 0 aliphatic heterocycles. The standard InChI is InChI=1S/C26H36N2O3/c1-7-22(25(30)27-26(4,5)6)28(17-20-13-9-8-10-14-20)24(29)18-31-23-16-12-11-15-21(23)19(2)3/h8-16,19,22H,7,17-18H2,1-6H3,(H,27,30)/t22-/m1/s1. The van der Waals surface area contributed by atoms with Crippen molar-refractivity contribution >= 4 is 11.8 Å². The second kappa shape index (κ2) is 11.0. The molecule has 2 amide bonds. The van der Waals surface area contributed by atoms with Crippen LogP contribution in [0.15, 0.2) is 54.6 Å². The summed E-state index contributed by atoms with van der Waals surface area (Å²) >= 11 is 0. The second-order valence-corrected chi connectivity index (χ2v) is 9.15. The summed E-state index contributed by atoms with van der Waals surface area (Å²) in [5.41, 5.74) is 1.65. The summed E-state index contributed by atoms with van der Waals surface area (Å²) in [5, 5.41) is 3.02. The van der Waals surface area contributed by atoms with Gasteiger partial charge in [0.15, 0.2) is 6.61 Å². The molecule has 2 rings (SSSR count). The van der Waals surface area contributed by atoms with Crippen LogP contribution in [0.25, 0.3) is 0 Å². The molecule has 0 aromatic heterocycles. The first-order valence-corrected chi connectivity index (χ1v) is 11.0. The van der Waals surface area contributed by atoms with E-state index in [2.05, 4.69) is 19.2 Å². The van der Waals surface area contributed by atoms with Gasteiger partial charge in [0.1, 0.15) is 11.8 Å². The Bertz CT molecular complexity index is 856. The minimum Gasteiger partial charge on any atom is -0.483 e. The van der Waals surface area contributed by atoms with Crippen molar-refractivity contribution in [1.29, 1.82) is 0 Å². The lowest BCUT2D eigenvalue weighted by Crippen LogP contribution is -2.54. The number of carbonyl (C=O) groups is 2. The minimum absolute atomic E-state index is 0.115. The normalized spacial score (nSPS) is 12.4. The van der Waals surface area contributed by atoms with Gasteiger partial charge in [-0.1, -0.05) is 69.3 Å². The molecular formula is C26H36N2O3. The van der Waals surface area contributed by atoms with Crippen molar-refractivity contribution in [3.8, 4) is 5.75 Å². The molecule has 0 aliphatic carbocycles. The molecule has 31 heavy (non-hydrogen) atoms. The Kier molecular flexibility index (Phi) is 8.66.